The van der Waals surface area contributed by atoms with E-state index >= 15 is 0 Å². The van der Waals surface area contributed by atoms with Crippen LogP contribution in [-0.4, -0.2) is 23.9 Å². The van der Waals surface area contributed by atoms with E-state index in [9.17, 15) is 4.79 Å². The highest BCUT2D eigenvalue weighted by Crippen LogP contribution is 2.40. The normalized spacial score (nSPS) is 15.5. The molecule has 1 heterocycles. The van der Waals surface area contributed by atoms with Gasteiger partial charge in [0.25, 0.3) is 5.91 Å². The van der Waals surface area contributed by atoms with E-state index in [0.717, 1.165) is 21.3 Å². The molecule has 7 heteroatoms. The average molecular weight is 478 g/mol. The summed E-state index contributed by atoms with van der Waals surface area (Å²) in [6.45, 7) is 6.51. The molecule has 0 aromatic heterocycles. The first-order valence-corrected chi connectivity index (χ1v) is 10.7. The smallest absolute Gasteiger partial charge is 0.270 e. The fourth-order valence-electron chi connectivity index (χ4n) is 2.81. The van der Waals surface area contributed by atoms with Crippen molar-refractivity contribution in [1.29, 1.82) is 0 Å². The van der Waals surface area contributed by atoms with Gasteiger partial charge in [0.1, 0.15) is 0 Å². The van der Waals surface area contributed by atoms with Crippen molar-refractivity contribution in [3.63, 3.8) is 0 Å². The van der Waals surface area contributed by atoms with Crippen LogP contribution in [0.1, 0.15) is 23.6 Å². The Morgan fingerprint density at radius 3 is 2.61 bits per heavy atom. The zero-order chi connectivity index (χ0) is 20.4. The van der Waals surface area contributed by atoms with Gasteiger partial charge in [0.15, 0.2) is 15.8 Å². The Balaban J connectivity index is 1.95. The number of rotatable bonds is 5. The van der Waals surface area contributed by atoms with Gasteiger partial charge in [-0.1, -0.05) is 30.0 Å². The predicted molar refractivity (Wildman–Crippen MR) is 123 cm³/mol. The van der Waals surface area contributed by atoms with Crippen molar-refractivity contribution < 1.29 is 14.3 Å². The van der Waals surface area contributed by atoms with E-state index in [1.54, 1.807) is 12.0 Å². The molecule has 0 bridgehead atoms. The molecular weight excluding hydrogens is 458 g/mol. The molecule has 4 nitrogen and oxygen atoms in total. The largest absolute Gasteiger partial charge is 0.493 e. The third-order valence-corrected chi connectivity index (χ3v) is 6.27. The highest BCUT2D eigenvalue weighted by molar-refractivity contribution is 9.10. The lowest BCUT2D eigenvalue weighted by Crippen LogP contribution is -2.27. The Labute approximate surface area is 183 Å². The molecule has 0 unspecified atom stereocenters. The van der Waals surface area contributed by atoms with E-state index in [2.05, 4.69) is 15.9 Å². The fourth-order valence-corrected chi connectivity index (χ4v) is 4.69. The number of carbonyl (C=O) groups excluding carboxylic acids is 1. The van der Waals surface area contributed by atoms with Crippen LogP contribution < -0.4 is 14.4 Å². The molecule has 0 radical (unpaired) electrons. The van der Waals surface area contributed by atoms with Gasteiger partial charge < -0.3 is 9.47 Å². The maximum Gasteiger partial charge on any atom is 0.270 e. The zero-order valence-corrected chi connectivity index (χ0v) is 19.3. The minimum atomic E-state index is -0.123. The molecule has 28 heavy (non-hydrogen) atoms. The molecular formula is C21H20BrNO3S2. The lowest BCUT2D eigenvalue weighted by Gasteiger charge is -2.16. The number of hydrogen-bond acceptors (Lipinski definition) is 5. The molecule has 0 N–H and O–H groups in total. The minimum Gasteiger partial charge on any atom is -0.493 e. The Kier molecular flexibility index (Phi) is 6.47. The van der Waals surface area contributed by atoms with Crippen LogP contribution in [0, 0.1) is 13.8 Å². The molecule has 1 aliphatic rings. The molecule has 3 rings (SSSR count). The van der Waals surface area contributed by atoms with E-state index in [-0.39, 0.29) is 5.91 Å². The Morgan fingerprint density at radius 2 is 1.96 bits per heavy atom. The van der Waals surface area contributed by atoms with Crippen molar-refractivity contribution >= 4 is 61.9 Å². The summed E-state index contributed by atoms with van der Waals surface area (Å²) in [5, 5.41) is 0. The van der Waals surface area contributed by atoms with Gasteiger partial charge in [-0.2, -0.15) is 0 Å². The second-order valence-electron chi connectivity index (χ2n) is 6.25. The number of benzene rings is 2. The summed E-state index contributed by atoms with van der Waals surface area (Å²) in [7, 11) is 1.59. The fraction of sp³-hybridized carbons (Fsp3) is 0.238. The molecule has 0 atom stereocenters. The van der Waals surface area contributed by atoms with E-state index in [4.69, 9.17) is 21.7 Å². The number of aryl methyl sites for hydroxylation is 2. The Morgan fingerprint density at radius 1 is 1.21 bits per heavy atom. The lowest BCUT2D eigenvalue weighted by molar-refractivity contribution is -0.113. The van der Waals surface area contributed by atoms with Gasteiger partial charge in [-0.25, -0.2) is 0 Å². The number of methoxy groups -OCH3 is 1. The third kappa shape index (κ3) is 4.11. The molecule has 146 valence electrons. The first-order chi connectivity index (χ1) is 13.3. The van der Waals surface area contributed by atoms with Gasteiger partial charge in [-0.15, -0.1) is 0 Å². The maximum atomic E-state index is 13.0. The second-order valence-corrected chi connectivity index (χ2v) is 8.78. The molecule has 2 aromatic carbocycles. The molecule has 2 aromatic rings. The lowest BCUT2D eigenvalue weighted by atomic mass is 10.1. The van der Waals surface area contributed by atoms with Gasteiger partial charge in [-0.3, -0.25) is 9.69 Å². The van der Waals surface area contributed by atoms with Crippen LogP contribution in [0.25, 0.3) is 6.08 Å². The van der Waals surface area contributed by atoms with Gasteiger partial charge in [0.05, 0.1) is 28.8 Å². The van der Waals surface area contributed by atoms with Crippen LogP contribution in [-0.2, 0) is 4.79 Å². The SMILES string of the molecule is CCOc1c(Br)cc(C=C2SC(=S)N(c3ccc(C)c(C)c3)C2=O)cc1OC. The standard InChI is InChI=1S/C21H20BrNO3S2/c1-5-26-19-16(22)9-14(10-17(19)25-4)11-18-20(24)23(21(27)28-18)15-7-6-12(2)13(3)8-15/h6-11H,5H2,1-4H3. The number of nitrogens with zero attached hydrogens (tertiary/aromatic N) is 1. The number of carbonyl (C=O) groups is 1. The van der Waals surface area contributed by atoms with E-state index < -0.39 is 0 Å². The Bertz CT molecular complexity index is 988. The summed E-state index contributed by atoms with van der Waals surface area (Å²) in [4.78, 5) is 15.2. The summed E-state index contributed by atoms with van der Waals surface area (Å²) >= 11 is 10.3. The maximum absolute atomic E-state index is 13.0. The quantitative estimate of drug-likeness (QED) is 0.397. The van der Waals surface area contributed by atoms with E-state index in [1.807, 2.05) is 57.2 Å². The van der Waals surface area contributed by atoms with Crippen LogP contribution >= 0.6 is 39.9 Å². The van der Waals surface area contributed by atoms with Gasteiger partial charge in [0.2, 0.25) is 0 Å². The summed E-state index contributed by atoms with van der Waals surface area (Å²) in [5.41, 5.74) is 3.92. The highest BCUT2D eigenvalue weighted by Gasteiger charge is 2.33. The van der Waals surface area contributed by atoms with E-state index in [0.29, 0.717) is 27.3 Å². The number of anilines is 1. The molecule has 0 aliphatic carbocycles. The van der Waals surface area contributed by atoms with Crippen molar-refractivity contribution in [1.82, 2.24) is 0 Å². The van der Waals surface area contributed by atoms with Crippen LogP contribution in [0.4, 0.5) is 5.69 Å². The first-order valence-electron chi connectivity index (χ1n) is 8.71. The van der Waals surface area contributed by atoms with Crippen LogP contribution in [0.2, 0.25) is 0 Å². The minimum absolute atomic E-state index is 0.123. The van der Waals surface area contributed by atoms with Crippen LogP contribution in [0.15, 0.2) is 39.7 Å². The molecule has 1 saturated heterocycles. The first kappa shape index (κ1) is 20.9. The van der Waals surface area contributed by atoms with Gasteiger partial charge in [0, 0.05) is 0 Å². The van der Waals surface area contributed by atoms with Gasteiger partial charge in [-0.05, 0) is 83.7 Å². The van der Waals surface area contributed by atoms with E-state index in [1.165, 1.54) is 17.3 Å². The summed E-state index contributed by atoms with van der Waals surface area (Å²) in [6, 6.07) is 9.65. The number of thiocarbonyl (C=S) groups is 1. The highest BCUT2D eigenvalue weighted by atomic mass is 79.9. The second kappa shape index (κ2) is 8.68. The van der Waals surface area contributed by atoms with Crippen molar-refractivity contribution in [2.75, 3.05) is 18.6 Å². The number of halogens is 1. The van der Waals surface area contributed by atoms with Crippen molar-refractivity contribution in [3.05, 3.63) is 56.4 Å². The zero-order valence-electron chi connectivity index (χ0n) is 16.0. The molecule has 1 amide bonds. The number of hydrogen-bond donors (Lipinski definition) is 0. The number of amides is 1. The number of thioether (sulfide) groups is 1. The summed E-state index contributed by atoms with van der Waals surface area (Å²) < 4.78 is 12.4. The molecule has 1 aliphatic heterocycles. The van der Waals surface area contributed by atoms with Crippen LogP contribution in [0.3, 0.4) is 0 Å². The Hall–Kier alpha value is -1.83. The monoisotopic (exact) mass is 477 g/mol. The van der Waals surface area contributed by atoms with Crippen LogP contribution in [0.5, 0.6) is 11.5 Å². The third-order valence-electron chi connectivity index (χ3n) is 4.38. The predicted octanol–water partition coefficient (Wildman–Crippen LogP) is 5.88. The summed E-state index contributed by atoms with van der Waals surface area (Å²) in [5.74, 6) is 1.12. The molecule has 1 fully saturated rings. The van der Waals surface area contributed by atoms with Crippen molar-refractivity contribution in [3.8, 4) is 11.5 Å². The average Bonchev–Trinajstić information content (AvgIpc) is 2.93. The van der Waals surface area contributed by atoms with Crippen molar-refractivity contribution in [2.45, 2.75) is 20.8 Å². The molecule has 0 spiro atoms. The number of ether oxygens (including phenoxy) is 2. The van der Waals surface area contributed by atoms with Crippen molar-refractivity contribution in [2.24, 2.45) is 0 Å². The topological polar surface area (TPSA) is 38.8 Å². The van der Waals surface area contributed by atoms with Gasteiger partial charge >= 0.3 is 0 Å². The summed E-state index contributed by atoms with van der Waals surface area (Å²) in [6.07, 6.45) is 1.82. The molecule has 0 saturated carbocycles.